The van der Waals surface area contributed by atoms with Gasteiger partial charge in [-0.1, -0.05) is 12.1 Å². The van der Waals surface area contributed by atoms with E-state index in [0.717, 1.165) is 0 Å². The number of thioether (sulfide) groups is 1. The molecule has 5 nitrogen and oxygen atoms in total. The van der Waals surface area contributed by atoms with E-state index in [1.807, 2.05) is 0 Å². The third kappa shape index (κ3) is 5.58. The van der Waals surface area contributed by atoms with E-state index in [0.29, 0.717) is 10.6 Å². The maximum Gasteiger partial charge on any atom is 0.334 e. The Balaban J connectivity index is 2.27. The third-order valence-electron chi connectivity index (χ3n) is 2.47. The molecular formula is C13H16FNO4S. The van der Waals surface area contributed by atoms with Crippen molar-refractivity contribution in [1.82, 2.24) is 5.32 Å². The van der Waals surface area contributed by atoms with Gasteiger partial charge in [-0.2, -0.15) is 0 Å². The summed E-state index contributed by atoms with van der Waals surface area (Å²) in [5.74, 6) is -1.33. The van der Waals surface area contributed by atoms with Crippen molar-refractivity contribution in [3.05, 3.63) is 30.1 Å². The first-order valence-electron chi connectivity index (χ1n) is 5.94. The molecule has 1 aromatic carbocycles. The molecule has 1 aromatic rings. The van der Waals surface area contributed by atoms with Crippen LogP contribution in [-0.4, -0.2) is 42.5 Å². The number of carbonyl (C=O) groups is 2. The Hall–Kier alpha value is -1.60. The van der Waals surface area contributed by atoms with Crippen molar-refractivity contribution in [2.45, 2.75) is 17.4 Å². The van der Waals surface area contributed by atoms with Crippen LogP contribution < -0.4 is 5.32 Å². The summed E-state index contributed by atoms with van der Waals surface area (Å²) in [5.41, 5.74) is 0. The molecule has 0 bridgehead atoms. The van der Waals surface area contributed by atoms with Gasteiger partial charge in [0.25, 0.3) is 0 Å². The van der Waals surface area contributed by atoms with Gasteiger partial charge in [0, 0.05) is 24.2 Å². The number of carboxylic acids is 1. The molecule has 110 valence electrons. The number of aliphatic carboxylic acids is 1. The number of carbonyl (C=O) groups excluding carboxylic acids is 1. The molecule has 0 aliphatic carbocycles. The number of hydrogen-bond donors (Lipinski definition) is 2. The van der Waals surface area contributed by atoms with Gasteiger partial charge in [0.05, 0.1) is 6.54 Å². The summed E-state index contributed by atoms with van der Waals surface area (Å²) in [6, 6.07) is 6.33. The molecule has 0 spiro atoms. The fourth-order valence-electron chi connectivity index (χ4n) is 1.38. The van der Waals surface area contributed by atoms with Gasteiger partial charge in [-0.3, -0.25) is 4.79 Å². The van der Waals surface area contributed by atoms with Crippen LogP contribution in [0, 0.1) is 5.82 Å². The molecule has 0 fully saturated rings. The lowest BCUT2D eigenvalue weighted by molar-refractivity contribution is -0.148. The van der Waals surface area contributed by atoms with E-state index < -0.39 is 12.1 Å². The highest BCUT2D eigenvalue weighted by Crippen LogP contribution is 2.21. The second-order valence-corrected chi connectivity index (χ2v) is 5.03. The fraction of sp³-hybridized carbons (Fsp3) is 0.385. The quantitative estimate of drug-likeness (QED) is 0.712. The molecular weight excluding hydrogens is 285 g/mol. The number of carboxylic acid groups (broad SMARTS) is 1. The SMILES string of the molecule is COC(CNC(=O)CCSc1ccccc1F)C(=O)O. The van der Waals surface area contributed by atoms with E-state index in [4.69, 9.17) is 5.11 Å². The smallest absolute Gasteiger partial charge is 0.334 e. The van der Waals surface area contributed by atoms with Crippen LogP contribution in [0.4, 0.5) is 4.39 Å². The van der Waals surface area contributed by atoms with E-state index in [1.165, 1.54) is 24.9 Å². The Bertz CT molecular complexity index is 469. The van der Waals surface area contributed by atoms with Crippen molar-refractivity contribution in [2.24, 2.45) is 0 Å². The molecule has 2 N–H and O–H groups in total. The van der Waals surface area contributed by atoms with Gasteiger partial charge in [-0.15, -0.1) is 11.8 Å². The molecule has 0 radical (unpaired) electrons. The molecule has 0 aromatic heterocycles. The van der Waals surface area contributed by atoms with E-state index in [9.17, 15) is 14.0 Å². The molecule has 20 heavy (non-hydrogen) atoms. The second-order valence-electron chi connectivity index (χ2n) is 3.90. The Labute approximate surface area is 120 Å². The predicted molar refractivity (Wildman–Crippen MR) is 73.2 cm³/mol. The number of amides is 1. The zero-order chi connectivity index (χ0) is 15.0. The molecule has 0 saturated carbocycles. The minimum Gasteiger partial charge on any atom is -0.479 e. The largest absolute Gasteiger partial charge is 0.479 e. The fourth-order valence-corrected chi connectivity index (χ4v) is 2.27. The van der Waals surface area contributed by atoms with Gasteiger partial charge >= 0.3 is 5.97 Å². The number of ether oxygens (including phenoxy) is 1. The summed E-state index contributed by atoms with van der Waals surface area (Å²) < 4.78 is 18.0. The van der Waals surface area contributed by atoms with Gasteiger partial charge in [0.1, 0.15) is 5.82 Å². The molecule has 0 aliphatic heterocycles. The van der Waals surface area contributed by atoms with Crippen molar-refractivity contribution in [1.29, 1.82) is 0 Å². The lowest BCUT2D eigenvalue weighted by Crippen LogP contribution is -2.37. The van der Waals surface area contributed by atoms with Crippen LogP contribution in [0.1, 0.15) is 6.42 Å². The first kappa shape index (κ1) is 16.5. The lowest BCUT2D eigenvalue weighted by Gasteiger charge is -2.11. The lowest BCUT2D eigenvalue weighted by atomic mass is 10.3. The standard InChI is InChI=1S/C13H16FNO4S/c1-19-10(13(17)18)8-15-12(16)6-7-20-11-5-3-2-4-9(11)14/h2-5,10H,6-8H2,1H3,(H,15,16)(H,17,18). The summed E-state index contributed by atoms with van der Waals surface area (Å²) in [6.07, 6.45) is -0.882. The zero-order valence-corrected chi connectivity index (χ0v) is 11.8. The van der Waals surface area contributed by atoms with E-state index in [-0.39, 0.29) is 24.7 Å². The summed E-state index contributed by atoms with van der Waals surface area (Å²) in [5, 5.41) is 11.2. The molecule has 1 amide bonds. The zero-order valence-electron chi connectivity index (χ0n) is 11.0. The highest BCUT2D eigenvalue weighted by Gasteiger charge is 2.16. The number of hydrogen-bond acceptors (Lipinski definition) is 4. The van der Waals surface area contributed by atoms with Crippen LogP contribution in [0.25, 0.3) is 0 Å². The monoisotopic (exact) mass is 301 g/mol. The van der Waals surface area contributed by atoms with Crippen LogP contribution in [0.15, 0.2) is 29.2 Å². The molecule has 0 aliphatic rings. The maximum atomic E-state index is 13.3. The Morgan fingerprint density at radius 3 is 2.75 bits per heavy atom. The van der Waals surface area contributed by atoms with Gasteiger partial charge in [-0.05, 0) is 12.1 Å². The van der Waals surface area contributed by atoms with Gasteiger partial charge in [0.15, 0.2) is 6.10 Å². The van der Waals surface area contributed by atoms with Crippen molar-refractivity contribution < 1.29 is 23.8 Å². The maximum absolute atomic E-state index is 13.3. The Kier molecular flexibility index (Phi) is 7.03. The van der Waals surface area contributed by atoms with Gasteiger partial charge in [0.2, 0.25) is 5.91 Å². The molecule has 1 unspecified atom stereocenters. The molecule has 0 heterocycles. The van der Waals surface area contributed by atoms with E-state index in [2.05, 4.69) is 10.1 Å². The van der Waals surface area contributed by atoms with Gasteiger partial charge < -0.3 is 15.2 Å². The van der Waals surface area contributed by atoms with Crippen molar-refractivity contribution in [3.63, 3.8) is 0 Å². The number of nitrogens with one attached hydrogen (secondary N) is 1. The minimum atomic E-state index is -1.13. The van der Waals surface area contributed by atoms with Crippen LogP contribution >= 0.6 is 11.8 Å². The Morgan fingerprint density at radius 1 is 1.45 bits per heavy atom. The summed E-state index contributed by atoms with van der Waals surface area (Å²) in [7, 11) is 1.26. The highest BCUT2D eigenvalue weighted by atomic mass is 32.2. The molecule has 1 rings (SSSR count). The first-order valence-corrected chi connectivity index (χ1v) is 6.92. The molecule has 0 saturated heterocycles. The second kappa shape index (κ2) is 8.55. The molecule has 1 atom stereocenters. The number of methoxy groups -OCH3 is 1. The highest BCUT2D eigenvalue weighted by molar-refractivity contribution is 7.99. The van der Waals surface area contributed by atoms with Crippen molar-refractivity contribution in [3.8, 4) is 0 Å². The summed E-state index contributed by atoms with van der Waals surface area (Å²) >= 11 is 1.24. The van der Waals surface area contributed by atoms with Crippen molar-refractivity contribution >= 4 is 23.6 Å². The number of halogens is 1. The first-order chi connectivity index (χ1) is 9.54. The predicted octanol–water partition coefficient (Wildman–Crippen LogP) is 1.52. The van der Waals surface area contributed by atoms with E-state index in [1.54, 1.807) is 18.2 Å². The van der Waals surface area contributed by atoms with Crippen molar-refractivity contribution in [2.75, 3.05) is 19.4 Å². The average molecular weight is 301 g/mol. The number of benzene rings is 1. The molecule has 7 heteroatoms. The van der Waals surface area contributed by atoms with Crippen LogP contribution in [0.3, 0.4) is 0 Å². The summed E-state index contributed by atoms with van der Waals surface area (Å²) in [4.78, 5) is 22.6. The normalized spacial score (nSPS) is 11.9. The average Bonchev–Trinajstić information content (AvgIpc) is 2.41. The van der Waals surface area contributed by atoms with Crippen LogP contribution in [0.5, 0.6) is 0 Å². The summed E-state index contributed by atoms with van der Waals surface area (Å²) in [6.45, 7) is -0.0883. The number of rotatable bonds is 8. The topological polar surface area (TPSA) is 75.6 Å². The van der Waals surface area contributed by atoms with Crippen LogP contribution in [-0.2, 0) is 14.3 Å². The third-order valence-corrected chi connectivity index (χ3v) is 3.52. The Morgan fingerprint density at radius 2 is 2.15 bits per heavy atom. The van der Waals surface area contributed by atoms with E-state index >= 15 is 0 Å². The minimum absolute atomic E-state index is 0.0883. The van der Waals surface area contributed by atoms with Crippen LogP contribution in [0.2, 0.25) is 0 Å². The van der Waals surface area contributed by atoms with Gasteiger partial charge in [-0.25, -0.2) is 9.18 Å².